The van der Waals surface area contributed by atoms with Gasteiger partial charge in [-0.3, -0.25) is 0 Å². The van der Waals surface area contributed by atoms with Crippen LogP contribution in [0.15, 0.2) is 59.8 Å². The summed E-state index contributed by atoms with van der Waals surface area (Å²) in [5.74, 6) is 0.677. The van der Waals surface area contributed by atoms with E-state index in [1.807, 2.05) is 36.4 Å². The Balaban J connectivity index is 0.000000252. The Labute approximate surface area is 177 Å². The molecule has 4 rings (SSSR count). The van der Waals surface area contributed by atoms with Crippen LogP contribution < -0.4 is 11.1 Å². The maximum atomic E-state index is 7.35. The van der Waals surface area contributed by atoms with E-state index in [4.69, 9.17) is 11.1 Å². The van der Waals surface area contributed by atoms with Crippen LogP contribution in [0.3, 0.4) is 0 Å². The van der Waals surface area contributed by atoms with Gasteiger partial charge in [0.2, 0.25) is 0 Å². The second-order valence-corrected chi connectivity index (χ2v) is 8.10. The SMILES string of the molecule is C[C@H]1CC(Cn2ccc3nc(/C(C=N)=C/N)ccc32)CN1.Cc1ccc(S)cc1. The minimum absolute atomic E-state index is 0.617. The molecule has 1 unspecified atom stereocenters. The van der Waals surface area contributed by atoms with Crippen LogP contribution in [0.4, 0.5) is 0 Å². The molecule has 1 aliphatic rings. The first-order valence-electron chi connectivity index (χ1n) is 9.87. The van der Waals surface area contributed by atoms with Crippen molar-refractivity contribution in [2.75, 3.05) is 6.54 Å². The van der Waals surface area contributed by atoms with Gasteiger partial charge in [-0.15, -0.1) is 12.6 Å². The zero-order chi connectivity index (χ0) is 20.8. The summed E-state index contributed by atoms with van der Waals surface area (Å²) in [5.41, 5.74) is 10.3. The van der Waals surface area contributed by atoms with Crippen molar-refractivity contribution in [1.29, 1.82) is 5.41 Å². The number of aromatic nitrogens is 2. The largest absolute Gasteiger partial charge is 0.404 e. The number of aryl methyl sites for hydroxylation is 1. The van der Waals surface area contributed by atoms with E-state index < -0.39 is 0 Å². The molecular weight excluding hydrogens is 378 g/mol. The first kappa shape index (κ1) is 21.1. The fraction of sp³-hybridized carbons (Fsp3) is 0.304. The summed E-state index contributed by atoms with van der Waals surface area (Å²) < 4.78 is 2.27. The highest BCUT2D eigenvalue weighted by Gasteiger charge is 2.21. The number of fused-ring (bicyclic) bond motifs is 1. The Bertz CT molecular complexity index is 969. The van der Waals surface area contributed by atoms with Crippen molar-refractivity contribution in [3.63, 3.8) is 0 Å². The molecule has 0 saturated carbocycles. The average Bonchev–Trinajstić information content (AvgIpc) is 3.32. The van der Waals surface area contributed by atoms with Gasteiger partial charge in [-0.05, 0) is 63.1 Å². The Kier molecular flexibility index (Phi) is 7.12. The van der Waals surface area contributed by atoms with Gasteiger partial charge in [0, 0.05) is 41.7 Å². The summed E-state index contributed by atoms with van der Waals surface area (Å²) in [6.45, 7) is 6.40. The fourth-order valence-electron chi connectivity index (χ4n) is 3.60. The van der Waals surface area contributed by atoms with Crippen molar-refractivity contribution in [3.8, 4) is 0 Å². The Morgan fingerprint density at radius 3 is 2.62 bits per heavy atom. The van der Waals surface area contributed by atoms with E-state index in [2.05, 4.69) is 53.6 Å². The molecule has 2 atom stereocenters. The van der Waals surface area contributed by atoms with Gasteiger partial charge in [0.05, 0.1) is 16.7 Å². The molecule has 2 aromatic heterocycles. The van der Waals surface area contributed by atoms with Gasteiger partial charge in [0.15, 0.2) is 0 Å². The molecule has 0 spiro atoms. The van der Waals surface area contributed by atoms with E-state index >= 15 is 0 Å². The van der Waals surface area contributed by atoms with Crippen LogP contribution >= 0.6 is 12.6 Å². The Hall–Kier alpha value is -2.57. The summed E-state index contributed by atoms with van der Waals surface area (Å²) in [7, 11) is 0. The normalized spacial score (nSPS) is 19.1. The predicted octanol–water partition coefficient (Wildman–Crippen LogP) is 4.27. The molecule has 1 aromatic carbocycles. The monoisotopic (exact) mass is 407 g/mol. The molecule has 152 valence electrons. The lowest BCUT2D eigenvalue weighted by molar-refractivity contribution is 0.483. The molecule has 3 aromatic rings. The number of pyridine rings is 1. The van der Waals surface area contributed by atoms with E-state index in [0.717, 1.165) is 34.7 Å². The zero-order valence-corrected chi connectivity index (χ0v) is 17.9. The lowest BCUT2D eigenvalue weighted by atomic mass is 10.1. The summed E-state index contributed by atoms with van der Waals surface area (Å²) in [5, 5.41) is 10.8. The summed E-state index contributed by atoms with van der Waals surface area (Å²) in [6, 6.07) is 14.7. The molecule has 6 heteroatoms. The van der Waals surface area contributed by atoms with Gasteiger partial charge < -0.3 is 21.0 Å². The highest BCUT2D eigenvalue weighted by Crippen LogP contribution is 2.21. The van der Waals surface area contributed by atoms with Crippen LogP contribution in [0.2, 0.25) is 0 Å². The third-order valence-electron chi connectivity index (χ3n) is 5.19. The highest BCUT2D eigenvalue weighted by atomic mass is 32.1. The average molecular weight is 408 g/mol. The van der Waals surface area contributed by atoms with Gasteiger partial charge in [-0.1, -0.05) is 17.7 Å². The van der Waals surface area contributed by atoms with E-state index in [1.165, 1.54) is 24.4 Å². The third-order valence-corrected chi connectivity index (χ3v) is 5.48. The second kappa shape index (κ2) is 9.76. The zero-order valence-electron chi connectivity index (χ0n) is 17.0. The maximum Gasteiger partial charge on any atom is 0.0888 e. The second-order valence-electron chi connectivity index (χ2n) is 7.58. The molecule has 1 fully saturated rings. The number of nitrogens with two attached hydrogens (primary N) is 1. The van der Waals surface area contributed by atoms with Crippen LogP contribution in [0.1, 0.15) is 24.6 Å². The first-order valence-corrected chi connectivity index (χ1v) is 10.3. The van der Waals surface area contributed by atoms with E-state index in [0.29, 0.717) is 17.5 Å². The molecule has 1 saturated heterocycles. The van der Waals surface area contributed by atoms with Crippen LogP contribution in [0, 0.1) is 18.3 Å². The topological polar surface area (TPSA) is 79.7 Å². The summed E-state index contributed by atoms with van der Waals surface area (Å²) in [6.07, 6.45) is 5.97. The minimum atomic E-state index is 0.617. The maximum absolute atomic E-state index is 7.35. The smallest absolute Gasteiger partial charge is 0.0888 e. The number of thiol groups is 1. The Morgan fingerprint density at radius 1 is 1.28 bits per heavy atom. The standard InChI is InChI=1S/C16H21N5.C7H8S/c1-11-6-12(9-19-11)10-21-5-4-15-16(21)3-2-14(20-15)13(7-17)8-18;1-6-2-4-7(8)5-3-6/h2-5,7-8,11-12,17,19H,6,9-10,18H2,1H3;2-5,8H,1H3/b13-8+,17-7?;/t11-,12?;/m0./s1. The van der Waals surface area contributed by atoms with Crippen molar-refractivity contribution in [1.82, 2.24) is 14.9 Å². The van der Waals surface area contributed by atoms with Crippen molar-refractivity contribution in [3.05, 3.63) is 66.1 Å². The van der Waals surface area contributed by atoms with E-state index in [1.54, 1.807) is 0 Å². The lowest BCUT2D eigenvalue weighted by Gasteiger charge is -2.11. The number of allylic oxidation sites excluding steroid dienone is 1. The van der Waals surface area contributed by atoms with Gasteiger partial charge in [-0.25, -0.2) is 4.98 Å². The third kappa shape index (κ3) is 5.49. The van der Waals surface area contributed by atoms with E-state index in [-0.39, 0.29) is 0 Å². The van der Waals surface area contributed by atoms with Crippen molar-refractivity contribution < 1.29 is 0 Å². The van der Waals surface area contributed by atoms with Crippen molar-refractivity contribution >= 4 is 35.4 Å². The molecule has 5 nitrogen and oxygen atoms in total. The number of rotatable bonds is 4. The van der Waals surface area contributed by atoms with E-state index in [9.17, 15) is 0 Å². The Morgan fingerprint density at radius 2 is 2.03 bits per heavy atom. The number of nitrogens with zero attached hydrogens (tertiary/aromatic N) is 2. The first-order chi connectivity index (χ1) is 14.0. The minimum Gasteiger partial charge on any atom is -0.404 e. The molecular formula is C23H29N5S. The van der Waals surface area contributed by atoms with Gasteiger partial charge in [-0.2, -0.15) is 0 Å². The number of benzene rings is 1. The van der Waals surface area contributed by atoms with Crippen LogP contribution in [0.5, 0.6) is 0 Å². The van der Waals surface area contributed by atoms with Crippen molar-refractivity contribution in [2.45, 2.75) is 37.8 Å². The van der Waals surface area contributed by atoms with Crippen LogP contribution in [-0.2, 0) is 6.54 Å². The van der Waals surface area contributed by atoms with Crippen molar-refractivity contribution in [2.24, 2.45) is 11.7 Å². The summed E-state index contributed by atoms with van der Waals surface area (Å²) >= 11 is 4.13. The lowest BCUT2D eigenvalue weighted by Crippen LogP contribution is -2.17. The fourth-order valence-corrected chi connectivity index (χ4v) is 3.75. The predicted molar refractivity (Wildman–Crippen MR) is 125 cm³/mol. The molecule has 3 heterocycles. The van der Waals surface area contributed by atoms with Crippen LogP contribution in [-0.4, -0.2) is 28.4 Å². The molecule has 0 radical (unpaired) electrons. The molecule has 1 aliphatic heterocycles. The number of hydrogen-bond acceptors (Lipinski definition) is 5. The quantitative estimate of drug-likeness (QED) is 0.385. The van der Waals surface area contributed by atoms with Gasteiger partial charge >= 0.3 is 0 Å². The highest BCUT2D eigenvalue weighted by molar-refractivity contribution is 7.80. The summed E-state index contributed by atoms with van der Waals surface area (Å²) in [4.78, 5) is 5.62. The number of hydrogen-bond donors (Lipinski definition) is 4. The molecule has 29 heavy (non-hydrogen) atoms. The van der Waals surface area contributed by atoms with Gasteiger partial charge in [0.25, 0.3) is 0 Å². The van der Waals surface area contributed by atoms with Gasteiger partial charge in [0.1, 0.15) is 0 Å². The molecule has 0 amide bonds. The molecule has 0 aliphatic carbocycles. The number of nitrogens with one attached hydrogen (secondary N) is 2. The van der Waals surface area contributed by atoms with Crippen LogP contribution in [0.25, 0.3) is 16.6 Å². The molecule has 0 bridgehead atoms. The molecule has 4 N–H and O–H groups in total.